The molecule has 0 bridgehead atoms. The summed E-state index contributed by atoms with van der Waals surface area (Å²) < 4.78 is 0. The van der Waals surface area contributed by atoms with Crippen LogP contribution in [0.2, 0.25) is 0 Å². The van der Waals surface area contributed by atoms with Gasteiger partial charge in [-0.2, -0.15) is 0 Å². The standard InChI is InChI=1S/C25H25N/c1-18-8-7-11-21(15-14-18)26(20-9-3-2-4-10-20)25-17-19-16-24(19)22-12-5-6-13-23(22)25/h2-10,12-15,17-19,21,24H,11,16H2,1H3. The van der Waals surface area contributed by atoms with Crippen LogP contribution >= 0.6 is 0 Å². The van der Waals surface area contributed by atoms with Gasteiger partial charge in [0.25, 0.3) is 0 Å². The zero-order chi connectivity index (χ0) is 17.5. The molecule has 1 heteroatoms. The molecule has 0 heterocycles. The Balaban J connectivity index is 1.63. The fourth-order valence-corrected chi connectivity index (χ4v) is 4.48. The van der Waals surface area contributed by atoms with E-state index in [4.69, 9.17) is 0 Å². The van der Waals surface area contributed by atoms with Crippen molar-refractivity contribution in [3.05, 3.63) is 96.1 Å². The molecule has 4 atom stereocenters. The van der Waals surface area contributed by atoms with Gasteiger partial charge < -0.3 is 4.90 Å². The number of nitrogens with zero attached hydrogens (tertiary/aromatic N) is 1. The average Bonchev–Trinajstić information content (AvgIpc) is 3.48. The van der Waals surface area contributed by atoms with Gasteiger partial charge >= 0.3 is 0 Å². The summed E-state index contributed by atoms with van der Waals surface area (Å²) in [6.07, 6.45) is 14.3. The molecule has 1 saturated carbocycles. The molecular formula is C25H25N. The third-order valence-electron chi connectivity index (χ3n) is 5.93. The molecule has 0 N–H and O–H groups in total. The summed E-state index contributed by atoms with van der Waals surface area (Å²) in [7, 11) is 0. The van der Waals surface area contributed by atoms with Crippen molar-refractivity contribution < 1.29 is 0 Å². The SMILES string of the molecule is CC1C=CCC(N(C2=CC3CC3c3ccccc32)c2ccccc2)C=C1. The lowest BCUT2D eigenvalue weighted by Gasteiger charge is -2.36. The highest BCUT2D eigenvalue weighted by atomic mass is 15.2. The Labute approximate surface area is 156 Å². The van der Waals surface area contributed by atoms with Crippen LogP contribution in [0.1, 0.15) is 36.8 Å². The minimum atomic E-state index is 0.355. The van der Waals surface area contributed by atoms with Gasteiger partial charge in [0.15, 0.2) is 0 Å². The van der Waals surface area contributed by atoms with E-state index in [1.807, 2.05) is 0 Å². The van der Waals surface area contributed by atoms with Gasteiger partial charge in [-0.1, -0.05) is 79.8 Å². The first-order valence-electron chi connectivity index (χ1n) is 9.81. The summed E-state index contributed by atoms with van der Waals surface area (Å²) in [5.41, 5.74) is 5.63. The number of rotatable bonds is 3. The molecule has 4 unspecified atom stereocenters. The third-order valence-corrected chi connectivity index (χ3v) is 5.93. The van der Waals surface area contributed by atoms with Crippen LogP contribution in [0, 0.1) is 11.8 Å². The van der Waals surface area contributed by atoms with Gasteiger partial charge in [0.1, 0.15) is 0 Å². The van der Waals surface area contributed by atoms with E-state index in [9.17, 15) is 0 Å². The molecule has 26 heavy (non-hydrogen) atoms. The van der Waals surface area contributed by atoms with Crippen LogP contribution in [-0.2, 0) is 0 Å². The van der Waals surface area contributed by atoms with Gasteiger partial charge in [0, 0.05) is 16.9 Å². The van der Waals surface area contributed by atoms with Crippen molar-refractivity contribution in [3.63, 3.8) is 0 Å². The van der Waals surface area contributed by atoms with Crippen LogP contribution in [0.25, 0.3) is 5.70 Å². The molecule has 0 aromatic heterocycles. The lowest BCUT2D eigenvalue weighted by atomic mass is 9.92. The second-order valence-corrected chi connectivity index (χ2v) is 7.83. The molecule has 0 amide bonds. The van der Waals surface area contributed by atoms with Gasteiger partial charge in [-0.25, -0.2) is 0 Å². The summed E-state index contributed by atoms with van der Waals surface area (Å²) in [4.78, 5) is 2.56. The second-order valence-electron chi connectivity index (χ2n) is 7.83. The molecule has 3 aliphatic rings. The first kappa shape index (κ1) is 15.7. The number of benzene rings is 2. The molecule has 0 spiro atoms. The van der Waals surface area contributed by atoms with Crippen LogP contribution in [0.4, 0.5) is 5.69 Å². The smallest absolute Gasteiger partial charge is 0.0557 e. The van der Waals surface area contributed by atoms with Crippen LogP contribution in [-0.4, -0.2) is 6.04 Å². The van der Waals surface area contributed by atoms with E-state index in [-0.39, 0.29) is 0 Å². The Morgan fingerprint density at radius 1 is 0.885 bits per heavy atom. The average molecular weight is 339 g/mol. The zero-order valence-electron chi connectivity index (χ0n) is 15.3. The molecule has 1 fully saturated rings. The van der Waals surface area contributed by atoms with Crippen LogP contribution in [0.5, 0.6) is 0 Å². The largest absolute Gasteiger partial charge is 0.334 e. The predicted octanol–water partition coefficient (Wildman–Crippen LogP) is 6.17. The van der Waals surface area contributed by atoms with Crippen molar-refractivity contribution >= 4 is 11.4 Å². The highest BCUT2D eigenvalue weighted by Gasteiger charge is 2.43. The number of fused-ring (bicyclic) bond motifs is 3. The Morgan fingerprint density at radius 3 is 2.58 bits per heavy atom. The van der Waals surface area contributed by atoms with E-state index in [0.29, 0.717) is 12.0 Å². The van der Waals surface area contributed by atoms with E-state index in [2.05, 4.69) is 96.8 Å². The second kappa shape index (κ2) is 6.32. The normalized spacial score (nSPS) is 28.6. The summed E-state index contributed by atoms with van der Waals surface area (Å²) >= 11 is 0. The maximum Gasteiger partial charge on any atom is 0.0557 e. The minimum Gasteiger partial charge on any atom is -0.334 e. The Bertz CT molecular complexity index is 889. The van der Waals surface area contributed by atoms with Crippen molar-refractivity contribution in [2.45, 2.75) is 31.7 Å². The summed E-state index contributed by atoms with van der Waals surface area (Å²) in [6.45, 7) is 2.26. The predicted molar refractivity (Wildman–Crippen MR) is 110 cm³/mol. The van der Waals surface area contributed by atoms with Crippen molar-refractivity contribution in [3.8, 4) is 0 Å². The first-order chi connectivity index (χ1) is 12.8. The number of para-hydroxylation sites is 1. The fraction of sp³-hybridized carbons (Fsp3) is 0.280. The molecule has 5 rings (SSSR count). The van der Waals surface area contributed by atoms with Crippen LogP contribution in [0.3, 0.4) is 0 Å². The van der Waals surface area contributed by atoms with Gasteiger partial charge in [0.05, 0.1) is 6.04 Å². The summed E-state index contributed by atoms with van der Waals surface area (Å²) in [6, 6.07) is 20.3. The minimum absolute atomic E-state index is 0.355. The number of anilines is 1. The Morgan fingerprint density at radius 2 is 1.69 bits per heavy atom. The number of allylic oxidation sites excluding steroid dienone is 3. The lowest BCUT2D eigenvalue weighted by Crippen LogP contribution is -2.33. The number of hydrogen-bond acceptors (Lipinski definition) is 1. The van der Waals surface area contributed by atoms with E-state index in [0.717, 1.165) is 18.3 Å². The van der Waals surface area contributed by atoms with Crippen LogP contribution in [0.15, 0.2) is 85.0 Å². The van der Waals surface area contributed by atoms with Gasteiger partial charge in [-0.05, 0) is 48.3 Å². The van der Waals surface area contributed by atoms with E-state index in [1.165, 1.54) is 28.9 Å². The van der Waals surface area contributed by atoms with Crippen molar-refractivity contribution in [2.75, 3.05) is 4.90 Å². The van der Waals surface area contributed by atoms with Crippen molar-refractivity contribution in [1.29, 1.82) is 0 Å². The lowest BCUT2D eigenvalue weighted by molar-refractivity contribution is 0.790. The van der Waals surface area contributed by atoms with Crippen molar-refractivity contribution in [2.24, 2.45) is 11.8 Å². The van der Waals surface area contributed by atoms with Gasteiger partial charge in [0.2, 0.25) is 0 Å². The molecule has 2 aromatic carbocycles. The summed E-state index contributed by atoms with van der Waals surface area (Å²) in [5.74, 6) is 1.98. The molecule has 0 radical (unpaired) electrons. The molecular weight excluding hydrogens is 314 g/mol. The Kier molecular flexibility index (Phi) is 3.81. The maximum atomic E-state index is 2.56. The van der Waals surface area contributed by atoms with Gasteiger partial charge in [-0.3, -0.25) is 0 Å². The maximum absolute atomic E-state index is 2.56. The molecule has 0 aliphatic heterocycles. The molecule has 0 saturated heterocycles. The molecule has 130 valence electrons. The monoisotopic (exact) mass is 339 g/mol. The van der Waals surface area contributed by atoms with E-state index >= 15 is 0 Å². The molecule has 1 nitrogen and oxygen atoms in total. The topological polar surface area (TPSA) is 3.24 Å². The molecule has 2 aromatic rings. The third kappa shape index (κ3) is 2.72. The first-order valence-corrected chi connectivity index (χ1v) is 9.81. The highest BCUT2D eigenvalue weighted by Crippen LogP contribution is 2.55. The number of hydrogen-bond donors (Lipinski definition) is 0. The van der Waals surface area contributed by atoms with Crippen molar-refractivity contribution in [1.82, 2.24) is 0 Å². The van der Waals surface area contributed by atoms with E-state index < -0.39 is 0 Å². The molecule has 3 aliphatic carbocycles. The highest BCUT2D eigenvalue weighted by molar-refractivity contribution is 5.84. The quantitative estimate of drug-likeness (QED) is 0.604. The fourth-order valence-electron chi connectivity index (χ4n) is 4.48. The van der Waals surface area contributed by atoms with Crippen LogP contribution < -0.4 is 4.90 Å². The summed E-state index contributed by atoms with van der Waals surface area (Å²) in [5, 5.41) is 0. The zero-order valence-corrected chi connectivity index (χ0v) is 15.3. The Hall–Kier alpha value is -2.54. The van der Waals surface area contributed by atoms with Gasteiger partial charge in [-0.15, -0.1) is 0 Å². The van der Waals surface area contributed by atoms with E-state index in [1.54, 1.807) is 0 Å².